The highest BCUT2D eigenvalue weighted by Crippen LogP contribution is 2.46. The summed E-state index contributed by atoms with van der Waals surface area (Å²) in [4.78, 5) is 10.7. The molecule has 25 heavy (non-hydrogen) atoms. The van der Waals surface area contributed by atoms with E-state index in [4.69, 9.17) is 5.11 Å². The Bertz CT molecular complexity index is 683. The van der Waals surface area contributed by atoms with Crippen molar-refractivity contribution in [2.45, 2.75) is 38.2 Å². The summed E-state index contributed by atoms with van der Waals surface area (Å²) in [6.45, 7) is 5.44. The number of carbonyl (C=O) groups is 1. The molecule has 0 radical (unpaired) electrons. The Morgan fingerprint density at radius 3 is 2.36 bits per heavy atom. The summed E-state index contributed by atoms with van der Waals surface area (Å²) < 4.78 is 0. The van der Waals surface area contributed by atoms with E-state index in [0.717, 1.165) is 5.57 Å². The molecule has 0 amide bonds. The van der Waals surface area contributed by atoms with Gasteiger partial charge >= 0.3 is 5.97 Å². The molecule has 5 N–H and O–H groups in total. The van der Waals surface area contributed by atoms with Gasteiger partial charge in [0.15, 0.2) is 0 Å². The summed E-state index contributed by atoms with van der Waals surface area (Å²) >= 11 is 0. The standard InChI is InChI=1S/C19H24O6/c1-10(2)13-8-15(21)12(9-20)7-14(13)19-16(22)5-11(6-17(19)23)3-4-18(24)25/h5-7,13-15,20-23H,1,3-4,8-9H2,2H3,(H,24,25)/t13-,14?,15?/m0/s1. The summed E-state index contributed by atoms with van der Waals surface area (Å²) in [6, 6.07) is 2.90. The smallest absolute Gasteiger partial charge is 0.303 e. The van der Waals surface area contributed by atoms with Gasteiger partial charge in [0.2, 0.25) is 0 Å². The van der Waals surface area contributed by atoms with E-state index in [-0.39, 0.29) is 36.9 Å². The second kappa shape index (κ2) is 7.72. The van der Waals surface area contributed by atoms with Crippen LogP contribution >= 0.6 is 0 Å². The molecule has 0 bridgehead atoms. The van der Waals surface area contributed by atoms with Crippen LogP contribution < -0.4 is 0 Å². The van der Waals surface area contributed by atoms with Crippen molar-refractivity contribution in [1.82, 2.24) is 0 Å². The third-order valence-electron chi connectivity index (χ3n) is 4.70. The zero-order valence-corrected chi connectivity index (χ0v) is 14.1. The molecular formula is C19H24O6. The van der Waals surface area contributed by atoms with E-state index in [1.807, 2.05) is 6.92 Å². The van der Waals surface area contributed by atoms with Gasteiger partial charge in [-0.3, -0.25) is 4.79 Å². The lowest BCUT2D eigenvalue weighted by Gasteiger charge is -2.34. The van der Waals surface area contributed by atoms with E-state index in [0.29, 0.717) is 23.1 Å². The zero-order chi connectivity index (χ0) is 18.7. The van der Waals surface area contributed by atoms with Gasteiger partial charge in [-0.15, -0.1) is 0 Å². The van der Waals surface area contributed by atoms with Gasteiger partial charge < -0.3 is 25.5 Å². The van der Waals surface area contributed by atoms with Gasteiger partial charge in [0, 0.05) is 17.9 Å². The highest BCUT2D eigenvalue weighted by Gasteiger charge is 2.34. The lowest BCUT2D eigenvalue weighted by molar-refractivity contribution is -0.136. The first kappa shape index (κ1) is 19.0. The maximum atomic E-state index is 10.7. The number of hydrogen-bond acceptors (Lipinski definition) is 5. The molecule has 2 unspecified atom stereocenters. The lowest BCUT2D eigenvalue weighted by Crippen LogP contribution is -2.28. The second-order valence-corrected chi connectivity index (χ2v) is 6.57. The van der Waals surface area contributed by atoms with E-state index in [1.54, 1.807) is 6.08 Å². The van der Waals surface area contributed by atoms with Crippen molar-refractivity contribution in [3.63, 3.8) is 0 Å². The monoisotopic (exact) mass is 348 g/mol. The van der Waals surface area contributed by atoms with E-state index >= 15 is 0 Å². The number of aliphatic carboxylic acids is 1. The molecule has 0 aromatic heterocycles. The van der Waals surface area contributed by atoms with E-state index in [1.165, 1.54) is 12.1 Å². The van der Waals surface area contributed by atoms with Gasteiger partial charge in [-0.25, -0.2) is 0 Å². The maximum Gasteiger partial charge on any atom is 0.303 e. The van der Waals surface area contributed by atoms with Crippen LogP contribution in [0.4, 0.5) is 0 Å². The summed E-state index contributed by atoms with van der Waals surface area (Å²) in [5.74, 6) is -1.87. The number of phenolic OH excluding ortho intramolecular Hbond substituents is 2. The van der Waals surface area contributed by atoms with Crippen LogP contribution in [0, 0.1) is 5.92 Å². The lowest BCUT2D eigenvalue weighted by atomic mass is 9.72. The van der Waals surface area contributed by atoms with Crippen LogP contribution in [-0.2, 0) is 11.2 Å². The second-order valence-electron chi connectivity index (χ2n) is 6.57. The number of aliphatic hydroxyl groups is 2. The van der Waals surface area contributed by atoms with E-state index in [9.17, 15) is 25.2 Å². The summed E-state index contributed by atoms with van der Waals surface area (Å²) in [5.41, 5.74) is 2.06. The van der Waals surface area contributed by atoms with Crippen LogP contribution in [0.1, 0.15) is 36.8 Å². The van der Waals surface area contributed by atoms with Gasteiger partial charge in [-0.1, -0.05) is 18.2 Å². The molecule has 0 heterocycles. The molecule has 1 aromatic carbocycles. The van der Waals surface area contributed by atoms with Crippen molar-refractivity contribution in [1.29, 1.82) is 0 Å². The summed E-state index contributed by atoms with van der Waals surface area (Å²) in [6.07, 6.45) is 1.31. The molecule has 1 aliphatic carbocycles. The number of allylic oxidation sites excluding steroid dienone is 2. The fourth-order valence-electron chi connectivity index (χ4n) is 3.36. The Hall–Kier alpha value is -2.31. The number of rotatable bonds is 6. The van der Waals surface area contributed by atoms with E-state index in [2.05, 4.69) is 6.58 Å². The number of carboxylic acid groups (broad SMARTS) is 1. The molecule has 0 saturated carbocycles. The molecule has 0 saturated heterocycles. The van der Waals surface area contributed by atoms with Crippen LogP contribution in [0.15, 0.2) is 35.9 Å². The Kier molecular flexibility index (Phi) is 5.87. The number of aryl methyl sites for hydroxylation is 1. The fraction of sp³-hybridized carbons (Fsp3) is 0.421. The minimum absolute atomic E-state index is 0.100. The fourth-order valence-corrected chi connectivity index (χ4v) is 3.36. The highest BCUT2D eigenvalue weighted by molar-refractivity contribution is 5.67. The number of carboxylic acids is 1. The molecule has 136 valence electrons. The van der Waals surface area contributed by atoms with Gasteiger partial charge in [0.1, 0.15) is 11.5 Å². The number of benzene rings is 1. The molecule has 0 aliphatic heterocycles. The number of aromatic hydroxyl groups is 2. The first-order valence-electron chi connectivity index (χ1n) is 8.16. The largest absolute Gasteiger partial charge is 0.507 e. The summed E-state index contributed by atoms with van der Waals surface area (Å²) in [7, 11) is 0. The predicted molar refractivity (Wildman–Crippen MR) is 92.6 cm³/mol. The van der Waals surface area contributed by atoms with Crippen molar-refractivity contribution < 1.29 is 30.3 Å². The Balaban J connectivity index is 2.45. The molecule has 2 rings (SSSR count). The van der Waals surface area contributed by atoms with Crippen LogP contribution in [0.2, 0.25) is 0 Å². The van der Waals surface area contributed by atoms with Crippen molar-refractivity contribution in [2.75, 3.05) is 6.61 Å². The number of hydrogen-bond donors (Lipinski definition) is 5. The molecule has 1 aromatic rings. The average molecular weight is 348 g/mol. The first-order chi connectivity index (χ1) is 11.7. The van der Waals surface area contributed by atoms with E-state index < -0.39 is 18.0 Å². The molecule has 0 fully saturated rings. The quantitative estimate of drug-likeness (QED) is 0.502. The predicted octanol–water partition coefficient (Wildman–Crippen LogP) is 2.07. The third kappa shape index (κ3) is 4.21. The van der Waals surface area contributed by atoms with Crippen molar-refractivity contribution >= 4 is 5.97 Å². The first-order valence-corrected chi connectivity index (χ1v) is 8.16. The van der Waals surface area contributed by atoms with Crippen LogP contribution in [0.3, 0.4) is 0 Å². The summed E-state index contributed by atoms with van der Waals surface area (Å²) in [5, 5.41) is 49.1. The van der Waals surface area contributed by atoms with Crippen LogP contribution in [0.5, 0.6) is 11.5 Å². The van der Waals surface area contributed by atoms with Gasteiger partial charge in [0.05, 0.1) is 12.7 Å². The normalized spacial score (nSPS) is 23.2. The molecular weight excluding hydrogens is 324 g/mol. The average Bonchev–Trinajstić information content (AvgIpc) is 2.53. The molecule has 0 spiro atoms. The van der Waals surface area contributed by atoms with Crippen LogP contribution in [-0.4, -0.2) is 44.2 Å². The zero-order valence-electron chi connectivity index (χ0n) is 14.1. The molecule has 6 heteroatoms. The molecule has 1 aliphatic rings. The van der Waals surface area contributed by atoms with Gasteiger partial charge in [-0.2, -0.15) is 0 Å². The minimum atomic E-state index is -0.956. The Morgan fingerprint density at radius 2 is 1.88 bits per heavy atom. The van der Waals surface area contributed by atoms with Crippen molar-refractivity contribution in [3.8, 4) is 11.5 Å². The maximum absolute atomic E-state index is 10.7. The Labute approximate surface area is 146 Å². The molecule has 3 atom stereocenters. The number of aliphatic hydroxyl groups excluding tert-OH is 2. The number of phenols is 2. The molecule has 6 nitrogen and oxygen atoms in total. The topological polar surface area (TPSA) is 118 Å². The van der Waals surface area contributed by atoms with Crippen molar-refractivity contribution in [3.05, 3.63) is 47.1 Å². The third-order valence-corrected chi connectivity index (χ3v) is 4.70. The van der Waals surface area contributed by atoms with Crippen molar-refractivity contribution in [2.24, 2.45) is 5.92 Å². The van der Waals surface area contributed by atoms with Gasteiger partial charge in [0.25, 0.3) is 0 Å². The Morgan fingerprint density at radius 1 is 1.28 bits per heavy atom. The minimum Gasteiger partial charge on any atom is -0.507 e. The van der Waals surface area contributed by atoms with Crippen LogP contribution in [0.25, 0.3) is 0 Å². The van der Waals surface area contributed by atoms with Gasteiger partial charge in [-0.05, 0) is 49.0 Å². The SMILES string of the molecule is C=C(C)[C@@H]1CC(O)C(CO)=CC1c1c(O)cc(CCC(=O)O)cc1O. The highest BCUT2D eigenvalue weighted by atomic mass is 16.4.